The molecule has 2 N–H and O–H groups in total. The van der Waals surface area contributed by atoms with Crippen LogP contribution in [0.3, 0.4) is 0 Å². The first kappa shape index (κ1) is 24.2. The number of aryl methyl sites for hydroxylation is 1. The summed E-state index contributed by atoms with van der Waals surface area (Å²) in [5.41, 5.74) is 0.105. The number of likely N-dealkylation sites (N-methyl/N-ethyl adjacent to an activating group) is 1. The minimum Gasteiger partial charge on any atom is -0.364 e. The number of halogens is 3. The lowest BCUT2D eigenvalue weighted by Crippen LogP contribution is -2.46. The quantitative estimate of drug-likeness (QED) is 0.663. The van der Waals surface area contributed by atoms with E-state index in [1.165, 1.54) is 6.07 Å². The van der Waals surface area contributed by atoms with Crippen molar-refractivity contribution in [3.63, 3.8) is 0 Å². The Morgan fingerprint density at radius 1 is 1.22 bits per heavy atom. The lowest BCUT2D eigenvalue weighted by atomic mass is 9.93. The van der Waals surface area contributed by atoms with Crippen LogP contribution >= 0.6 is 0 Å². The van der Waals surface area contributed by atoms with E-state index in [9.17, 15) is 21.6 Å². The van der Waals surface area contributed by atoms with E-state index < -0.39 is 21.8 Å². The third-order valence-electron chi connectivity index (χ3n) is 5.71. The first-order valence-corrected chi connectivity index (χ1v) is 12.3. The summed E-state index contributed by atoms with van der Waals surface area (Å²) >= 11 is 0. The Kier molecular flexibility index (Phi) is 6.99. The number of rotatable bonds is 6. The van der Waals surface area contributed by atoms with Crippen LogP contribution in [0.1, 0.15) is 31.4 Å². The van der Waals surface area contributed by atoms with E-state index in [-0.39, 0.29) is 23.0 Å². The fourth-order valence-electron chi connectivity index (χ4n) is 3.77. The Labute approximate surface area is 186 Å². The molecule has 7 nitrogen and oxygen atoms in total. The second kappa shape index (κ2) is 9.22. The van der Waals surface area contributed by atoms with Crippen molar-refractivity contribution in [2.45, 2.75) is 39.4 Å². The second-order valence-corrected chi connectivity index (χ2v) is 10.1. The number of anilines is 2. The molecule has 0 bridgehead atoms. The van der Waals surface area contributed by atoms with Crippen molar-refractivity contribution < 1.29 is 21.6 Å². The van der Waals surface area contributed by atoms with Crippen LogP contribution < -0.4 is 10.0 Å². The molecule has 11 heteroatoms. The Morgan fingerprint density at radius 3 is 2.53 bits per heavy atom. The minimum atomic E-state index is -4.61. The highest BCUT2D eigenvalue weighted by atomic mass is 32.2. The predicted molar refractivity (Wildman–Crippen MR) is 119 cm³/mol. The molecular formula is C21H28F3N5O2S. The van der Waals surface area contributed by atoms with Gasteiger partial charge in [0.05, 0.1) is 23.2 Å². The molecule has 1 aromatic carbocycles. The number of hydrogen-bond acceptors (Lipinski definition) is 6. The van der Waals surface area contributed by atoms with Crippen LogP contribution in [0, 0.1) is 12.8 Å². The molecule has 3 rings (SSSR count). The lowest BCUT2D eigenvalue weighted by molar-refractivity contribution is -0.137. The maximum Gasteiger partial charge on any atom is 0.416 e. The number of likely N-dealkylation sites (tertiary alicyclic amines) is 1. The topological polar surface area (TPSA) is 87.2 Å². The third kappa shape index (κ3) is 5.89. The molecule has 32 heavy (non-hydrogen) atoms. The Balaban J connectivity index is 1.92. The summed E-state index contributed by atoms with van der Waals surface area (Å²) in [5, 5.41) is 11.9. The molecule has 1 aliphatic heterocycles. The van der Waals surface area contributed by atoms with E-state index in [2.05, 4.69) is 39.0 Å². The Bertz CT molecular complexity index is 1080. The molecular weight excluding hydrogens is 443 g/mol. The summed E-state index contributed by atoms with van der Waals surface area (Å²) in [4.78, 5) is 2.36. The van der Waals surface area contributed by atoms with Crippen LogP contribution in [0.25, 0.3) is 11.3 Å². The summed E-state index contributed by atoms with van der Waals surface area (Å²) in [6, 6.07) is 4.76. The number of piperidine rings is 1. The molecule has 0 aliphatic carbocycles. The molecule has 1 aliphatic rings. The van der Waals surface area contributed by atoms with Gasteiger partial charge in [-0.2, -0.15) is 13.2 Å². The highest BCUT2D eigenvalue weighted by molar-refractivity contribution is 7.92. The van der Waals surface area contributed by atoms with Gasteiger partial charge < -0.3 is 10.2 Å². The molecule has 1 aromatic heterocycles. The van der Waals surface area contributed by atoms with Crippen molar-refractivity contribution in [2.24, 2.45) is 5.92 Å². The molecule has 0 amide bonds. The van der Waals surface area contributed by atoms with Crippen LogP contribution in [0.5, 0.6) is 0 Å². The summed E-state index contributed by atoms with van der Waals surface area (Å²) in [6.45, 7) is 9.06. The third-order valence-corrected chi connectivity index (χ3v) is 6.31. The number of hydrogen-bond donors (Lipinski definition) is 2. The minimum absolute atomic E-state index is 0.198. The van der Waals surface area contributed by atoms with Crippen molar-refractivity contribution >= 4 is 21.5 Å². The normalized spacial score (nSPS) is 20.2. The highest BCUT2D eigenvalue weighted by Crippen LogP contribution is 2.36. The standard InChI is InChI=1S/C21H28F3N5O2S/c1-5-29-9-8-13(2)19(12-29)25-20-14(3)10-17(26-27-20)16-7-6-15(21(22,23)24)11-18(16)28-32(4,30)31/h6-7,10-11,13,19,28H,5,8-9,12H2,1-4H3,(H,25,27)/t13-,19+/m1/s1. The van der Waals surface area contributed by atoms with E-state index in [0.717, 1.165) is 50.0 Å². The van der Waals surface area contributed by atoms with Gasteiger partial charge in [0.15, 0.2) is 5.82 Å². The van der Waals surface area contributed by atoms with Crippen LogP contribution in [0.2, 0.25) is 0 Å². The second-order valence-electron chi connectivity index (χ2n) is 8.30. The van der Waals surface area contributed by atoms with Crippen molar-refractivity contribution in [3.8, 4) is 11.3 Å². The van der Waals surface area contributed by atoms with E-state index in [1.54, 1.807) is 6.07 Å². The van der Waals surface area contributed by atoms with Crippen LogP contribution in [-0.2, 0) is 16.2 Å². The molecule has 0 radical (unpaired) electrons. The lowest BCUT2D eigenvalue weighted by Gasteiger charge is -2.37. The van der Waals surface area contributed by atoms with Crippen molar-refractivity contribution in [1.82, 2.24) is 15.1 Å². The fraction of sp³-hybridized carbons (Fsp3) is 0.524. The summed E-state index contributed by atoms with van der Waals surface area (Å²) in [5.74, 6) is 1.06. The van der Waals surface area contributed by atoms with Gasteiger partial charge in [0.1, 0.15) is 0 Å². The fourth-order valence-corrected chi connectivity index (χ4v) is 4.34. The largest absolute Gasteiger partial charge is 0.416 e. The zero-order chi connectivity index (χ0) is 23.7. The molecule has 0 saturated carbocycles. The van der Waals surface area contributed by atoms with E-state index in [0.29, 0.717) is 11.7 Å². The Hall–Kier alpha value is -2.40. The first-order chi connectivity index (χ1) is 14.9. The smallest absolute Gasteiger partial charge is 0.364 e. The van der Waals surface area contributed by atoms with Gasteiger partial charge in [0, 0.05) is 18.2 Å². The number of alkyl halides is 3. The summed E-state index contributed by atoms with van der Waals surface area (Å²) in [6.07, 6.45) is -2.65. The van der Waals surface area contributed by atoms with Crippen molar-refractivity contribution in [1.29, 1.82) is 0 Å². The number of nitrogens with one attached hydrogen (secondary N) is 2. The summed E-state index contributed by atoms with van der Waals surface area (Å²) < 4.78 is 65.0. The average molecular weight is 472 g/mol. The predicted octanol–water partition coefficient (Wildman–Crippen LogP) is 3.98. The molecule has 2 aromatic rings. The monoisotopic (exact) mass is 471 g/mol. The van der Waals surface area contributed by atoms with E-state index in [1.807, 2.05) is 6.92 Å². The molecule has 1 saturated heterocycles. The molecule has 0 spiro atoms. The van der Waals surface area contributed by atoms with Gasteiger partial charge in [-0.05, 0) is 56.1 Å². The van der Waals surface area contributed by atoms with Gasteiger partial charge in [-0.3, -0.25) is 4.72 Å². The zero-order valence-corrected chi connectivity index (χ0v) is 19.3. The van der Waals surface area contributed by atoms with E-state index >= 15 is 0 Å². The van der Waals surface area contributed by atoms with Crippen molar-refractivity contribution in [3.05, 3.63) is 35.4 Å². The number of aromatic nitrogens is 2. The van der Waals surface area contributed by atoms with E-state index in [4.69, 9.17) is 0 Å². The molecule has 1 fully saturated rings. The number of benzene rings is 1. The maximum absolute atomic E-state index is 13.1. The average Bonchev–Trinajstić information content (AvgIpc) is 2.69. The van der Waals surface area contributed by atoms with Gasteiger partial charge in [-0.1, -0.05) is 19.9 Å². The van der Waals surface area contributed by atoms with Crippen LogP contribution in [0.15, 0.2) is 24.3 Å². The summed E-state index contributed by atoms with van der Waals surface area (Å²) in [7, 11) is -3.80. The van der Waals surface area contributed by atoms with Gasteiger partial charge in [-0.15, -0.1) is 10.2 Å². The number of sulfonamides is 1. The zero-order valence-electron chi connectivity index (χ0n) is 18.5. The van der Waals surface area contributed by atoms with Gasteiger partial charge in [0.25, 0.3) is 0 Å². The van der Waals surface area contributed by atoms with Crippen LogP contribution in [-0.4, -0.2) is 55.4 Å². The van der Waals surface area contributed by atoms with Crippen LogP contribution in [0.4, 0.5) is 24.7 Å². The maximum atomic E-state index is 13.1. The molecule has 0 unspecified atom stereocenters. The van der Waals surface area contributed by atoms with Crippen molar-refractivity contribution in [2.75, 3.05) is 35.9 Å². The Morgan fingerprint density at radius 2 is 1.94 bits per heavy atom. The van der Waals surface area contributed by atoms with Gasteiger partial charge >= 0.3 is 6.18 Å². The highest BCUT2D eigenvalue weighted by Gasteiger charge is 2.32. The first-order valence-electron chi connectivity index (χ1n) is 10.4. The molecule has 2 heterocycles. The van der Waals surface area contributed by atoms with Gasteiger partial charge in [-0.25, -0.2) is 8.42 Å². The molecule has 176 valence electrons. The SMILES string of the molecule is CCN1CC[C@@H](C)[C@@H](Nc2nnc(-c3ccc(C(F)(F)F)cc3NS(C)(=O)=O)cc2C)C1. The molecule has 2 atom stereocenters. The van der Waals surface area contributed by atoms with Gasteiger partial charge in [0.2, 0.25) is 10.0 Å². The number of nitrogens with zero attached hydrogens (tertiary/aromatic N) is 3.